The fraction of sp³-hybridized carbons (Fsp3) is 0.400. The average Bonchev–Trinajstić information content (AvgIpc) is 3.46. The van der Waals surface area contributed by atoms with Crippen molar-refractivity contribution in [3.63, 3.8) is 0 Å². The van der Waals surface area contributed by atoms with Gasteiger partial charge in [-0.1, -0.05) is 12.1 Å². The van der Waals surface area contributed by atoms with Gasteiger partial charge in [0.2, 0.25) is 0 Å². The van der Waals surface area contributed by atoms with Crippen LogP contribution in [0.1, 0.15) is 16.1 Å². The Morgan fingerprint density at radius 3 is 2.78 bits per heavy atom. The first-order chi connectivity index (χ1) is 13.3. The number of thiazole rings is 1. The zero-order valence-electron chi connectivity index (χ0n) is 15.1. The highest BCUT2D eigenvalue weighted by Gasteiger charge is 2.31. The molecule has 0 saturated carbocycles. The van der Waals surface area contributed by atoms with Gasteiger partial charge in [0.05, 0.1) is 20.0 Å². The number of nitrogens with one attached hydrogen (secondary N) is 1. The number of hydrogen-bond donors (Lipinski definition) is 1. The Labute approximate surface area is 166 Å². The summed E-state index contributed by atoms with van der Waals surface area (Å²) >= 11 is 3.25. The molecule has 1 N–H and O–H groups in total. The molecule has 0 spiro atoms. The highest BCUT2D eigenvalue weighted by Crippen LogP contribution is 2.35. The van der Waals surface area contributed by atoms with Crippen molar-refractivity contribution in [1.82, 2.24) is 20.1 Å². The molecule has 27 heavy (non-hydrogen) atoms. The van der Waals surface area contributed by atoms with E-state index in [4.69, 9.17) is 4.98 Å². The summed E-state index contributed by atoms with van der Waals surface area (Å²) in [6.45, 7) is 6.01. The molecule has 0 bridgehead atoms. The van der Waals surface area contributed by atoms with Crippen molar-refractivity contribution in [2.75, 3.05) is 39.3 Å². The molecule has 1 aromatic carbocycles. The Hall–Kier alpha value is -1.80. The maximum Gasteiger partial charge on any atom is 0.263 e. The van der Waals surface area contributed by atoms with E-state index in [1.807, 2.05) is 35.2 Å². The smallest absolute Gasteiger partial charge is 0.263 e. The van der Waals surface area contributed by atoms with Gasteiger partial charge in [0.25, 0.3) is 5.91 Å². The summed E-state index contributed by atoms with van der Waals surface area (Å²) in [6.07, 6.45) is 1.09. The molecule has 1 amide bonds. The summed E-state index contributed by atoms with van der Waals surface area (Å²) in [7, 11) is 0. The minimum Gasteiger partial charge on any atom is -0.336 e. The number of aromatic nitrogens is 1. The Balaban J connectivity index is 1.30. The van der Waals surface area contributed by atoms with Crippen molar-refractivity contribution < 1.29 is 4.79 Å². The van der Waals surface area contributed by atoms with Crippen LogP contribution in [0.3, 0.4) is 0 Å². The molecule has 5 nitrogen and oxygen atoms in total. The van der Waals surface area contributed by atoms with E-state index in [2.05, 4.69) is 16.3 Å². The Morgan fingerprint density at radius 2 is 1.93 bits per heavy atom. The quantitative estimate of drug-likeness (QED) is 0.736. The number of piperazine rings is 1. The van der Waals surface area contributed by atoms with E-state index in [9.17, 15) is 4.79 Å². The minimum absolute atomic E-state index is 0.171. The van der Waals surface area contributed by atoms with E-state index in [-0.39, 0.29) is 5.91 Å². The molecule has 2 aromatic heterocycles. The minimum atomic E-state index is 0.171. The SMILES string of the molecule is O=C(c1ccc(-c2nc3ccccc3s2)s1)N1CCC(N2CCNCC2)C1. The maximum absolute atomic E-state index is 13.0. The average molecular weight is 399 g/mol. The van der Waals surface area contributed by atoms with E-state index in [1.165, 1.54) is 4.70 Å². The lowest BCUT2D eigenvalue weighted by Gasteiger charge is -2.32. The van der Waals surface area contributed by atoms with E-state index in [1.54, 1.807) is 22.7 Å². The summed E-state index contributed by atoms with van der Waals surface area (Å²) in [5.41, 5.74) is 1.03. The number of rotatable bonds is 3. The predicted molar refractivity (Wildman–Crippen MR) is 112 cm³/mol. The van der Waals surface area contributed by atoms with Crippen LogP contribution in [0.25, 0.3) is 20.1 Å². The molecule has 1 atom stereocenters. The number of nitrogens with zero attached hydrogens (tertiary/aromatic N) is 3. The second-order valence-electron chi connectivity index (χ2n) is 7.13. The van der Waals surface area contributed by atoms with Gasteiger partial charge in [-0.2, -0.15) is 0 Å². The number of likely N-dealkylation sites (tertiary alicyclic amines) is 1. The third-order valence-corrected chi connectivity index (χ3v) is 7.72. The standard InChI is InChI=1S/C20H22N4OS2/c25-20(24-10-7-14(13-24)23-11-8-21-9-12-23)18-6-5-17(26-18)19-22-15-3-1-2-4-16(15)27-19/h1-6,14,21H,7-13H2. The van der Waals surface area contributed by atoms with E-state index >= 15 is 0 Å². The van der Waals surface area contributed by atoms with Gasteiger partial charge in [0.1, 0.15) is 5.01 Å². The lowest BCUT2D eigenvalue weighted by atomic mass is 10.2. The molecule has 1 unspecified atom stereocenters. The number of carbonyl (C=O) groups is 1. The third kappa shape index (κ3) is 3.40. The van der Waals surface area contributed by atoms with Crippen molar-refractivity contribution >= 4 is 38.8 Å². The number of carbonyl (C=O) groups excluding carboxylic acids is 1. The van der Waals surface area contributed by atoms with Gasteiger partial charge in [-0.3, -0.25) is 9.69 Å². The topological polar surface area (TPSA) is 48.5 Å². The van der Waals surface area contributed by atoms with Crippen LogP contribution in [0, 0.1) is 0 Å². The second-order valence-corrected chi connectivity index (χ2v) is 9.24. The van der Waals surface area contributed by atoms with Crippen LogP contribution in [-0.2, 0) is 0 Å². The highest BCUT2D eigenvalue weighted by molar-refractivity contribution is 7.26. The molecule has 7 heteroatoms. The van der Waals surface area contributed by atoms with E-state index in [0.717, 1.165) is 66.0 Å². The zero-order valence-corrected chi connectivity index (χ0v) is 16.7. The van der Waals surface area contributed by atoms with Gasteiger partial charge in [-0.05, 0) is 30.7 Å². The van der Waals surface area contributed by atoms with Crippen LogP contribution in [0.5, 0.6) is 0 Å². The Morgan fingerprint density at radius 1 is 1.07 bits per heavy atom. The first kappa shape index (κ1) is 17.3. The van der Waals surface area contributed by atoms with Crippen molar-refractivity contribution in [2.45, 2.75) is 12.5 Å². The van der Waals surface area contributed by atoms with E-state index < -0.39 is 0 Å². The highest BCUT2D eigenvalue weighted by atomic mass is 32.1. The van der Waals surface area contributed by atoms with Crippen LogP contribution in [-0.4, -0.2) is 66.0 Å². The van der Waals surface area contributed by atoms with Crippen LogP contribution in [0.2, 0.25) is 0 Å². The second kappa shape index (κ2) is 7.31. The monoisotopic (exact) mass is 398 g/mol. The molecule has 0 radical (unpaired) electrons. The molecule has 2 fully saturated rings. The van der Waals surface area contributed by atoms with Crippen molar-refractivity contribution in [1.29, 1.82) is 0 Å². The number of fused-ring (bicyclic) bond motifs is 1. The Bertz CT molecular complexity index is 927. The largest absolute Gasteiger partial charge is 0.336 e. The molecule has 4 heterocycles. The first-order valence-electron chi connectivity index (χ1n) is 9.48. The summed E-state index contributed by atoms with van der Waals surface area (Å²) in [6, 6.07) is 12.7. The molecular weight excluding hydrogens is 376 g/mol. The van der Waals surface area contributed by atoms with Gasteiger partial charge < -0.3 is 10.2 Å². The van der Waals surface area contributed by atoms with Gasteiger partial charge in [-0.25, -0.2) is 4.98 Å². The van der Waals surface area contributed by atoms with Crippen LogP contribution < -0.4 is 5.32 Å². The number of amides is 1. The number of thiophene rings is 1. The molecule has 3 aromatic rings. The number of para-hydroxylation sites is 1. The van der Waals surface area contributed by atoms with Crippen molar-refractivity contribution in [3.05, 3.63) is 41.3 Å². The molecule has 2 saturated heterocycles. The van der Waals surface area contributed by atoms with Crippen LogP contribution in [0.4, 0.5) is 0 Å². The first-order valence-corrected chi connectivity index (χ1v) is 11.1. The zero-order chi connectivity index (χ0) is 18.2. The molecule has 140 valence electrons. The summed E-state index contributed by atoms with van der Waals surface area (Å²) in [5.74, 6) is 0.171. The van der Waals surface area contributed by atoms with Gasteiger partial charge in [0.15, 0.2) is 0 Å². The summed E-state index contributed by atoms with van der Waals surface area (Å²) in [4.78, 5) is 24.2. The normalized spacial score (nSPS) is 21.2. The van der Waals surface area contributed by atoms with Crippen molar-refractivity contribution in [2.24, 2.45) is 0 Å². The molecule has 5 rings (SSSR count). The van der Waals surface area contributed by atoms with Gasteiger partial charge in [0, 0.05) is 45.3 Å². The summed E-state index contributed by atoms with van der Waals surface area (Å²) in [5, 5.41) is 4.40. The third-order valence-electron chi connectivity index (χ3n) is 5.44. The predicted octanol–water partition coefficient (Wildman–Crippen LogP) is 3.14. The fourth-order valence-electron chi connectivity index (χ4n) is 3.97. The summed E-state index contributed by atoms with van der Waals surface area (Å²) < 4.78 is 1.19. The van der Waals surface area contributed by atoms with Gasteiger partial charge >= 0.3 is 0 Å². The number of hydrogen-bond acceptors (Lipinski definition) is 6. The van der Waals surface area contributed by atoms with Crippen LogP contribution in [0.15, 0.2) is 36.4 Å². The lowest BCUT2D eigenvalue weighted by Crippen LogP contribution is -2.49. The van der Waals surface area contributed by atoms with Crippen molar-refractivity contribution in [3.8, 4) is 9.88 Å². The molecule has 2 aliphatic heterocycles. The maximum atomic E-state index is 13.0. The van der Waals surface area contributed by atoms with Gasteiger partial charge in [-0.15, -0.1) is 22.7 Å². The van der Waals surface area contributed by atoms with E-state index in [0.29, 0.717) is 6.04 Å². The van der Waals surface area contributed by atoms with Crippen LogP contribution >= 0.6 is 22.7 Å². The molecular formula is C20H22N4OS2. The lowest BCUT2D eigenvalue weighted by molar-refractivity contribution is 0.0778. The number of benzene rings is 1. The molecule has 0 aliphatic carbocycles. The molecule has 2 aliphatic rings. The Kier molecular flexibility index (Phi) is 4.69. The fourth-order valence-corrected chi connectivity index (χ4v) is 5.97.